The van der Waals surface area contributed by atoms with Crippen LogP contribution in [0.2, 0.25) is 5.02 Å². The van der Waals surface area contributed by atoms with Gasteiger partial charge in [0.15, 0.2) is 0 Å². The van der Waals surface area contributed by atoms with Gasteiger partial charge in [-0.2, -0.15) is 5.26 Å². The van der Waals surface area contributed by atoms with E-state index < -0.39 is 11.9 Å². The molecule has 1 N–H and O–H groups in total. The maximum Gasteiger partial charge on any atom is 0.221 e. The van der Waals surface area contributed by atoms with Gasteiger partial charge in [-0.1, -0.05) is 17.7 Å². The zero-order chi connectivity index (χ0) is 16.1. The number of amides is 1. The van der Waals surface area contributed by atoms with Crippen LogP contribution in [-0.4, -0.2) is 18.1 Å². The third-order valence-corrected chi connectivity index (χ3v) is 4.07. The Hall–Kier alpha value is -1.64. The lowest BCUT2D eigenvalue weighted by atomic mass is 10.1. The summed E-state index contributed by atoms with van der Waals surface area (Å²) in [5.41, 5.74) is 0.00533. The van der Waals surface area contributed by atoms with Crippen molar-refractivity contribution in [3.8, 4) is 6.07 Å². The molecule has 0 spiro atoms. The molecule has 1 aliphatic rings. The van der Waals surface area contributed by atoms with E-state index in [1.165, 1.54) is 18.2 Å². The minimum absolute atomic E-state index is 0.00533. The first-order chi connectivity index (χ1) is 10.5. The first-order valence-electron chi connectivity index (χ1n) is 7.29. The molecular weight excluding hydrogens is 307 g/mol. The van der Waals surface area contributed by atoms with Crippen molar-refractivity contribution in [3.63, 3.8) is 0 Å². The maximum absolute atomic E-state index is 13.8. The van der Waals surface area contributed by atoms with Crippen molar-refractivity contribution in [1.29, 1.82) is 5.26 Å². The van der Waals surface area contributed by atoms with Crippen LogP contribution in [0.5, 0.6) is 0 Å². The number of ether oxygens (including phenoxy) is 1. The molecule has 22 heavy (non-hydrogen) atoms. The van der Waals surface area contributed by atoms with E-state index in [1.807, 2.05) is 13.0 Å². The first-order valence-corrected chi connectivity index (χ1v) is 7.67. The largest absolute Gasteiger partial charge is 0.375 e. The second-order valence-corrected chi connectivity index (χ2v) is 5.86. The molecule has 1 aliphatic heterocycles. The molecule has 1 amide bonds. The number of nitrogens with zero attached hydrogens (tertiary/aromatic N) is 1. The Bertz CT molecular complexity index is 568. The van der Waals surface area contributed by atoms with E-state index in [4.69, 9.17) is 16.3 Å². The third kappa shape index (κ3) is 4.19. The Kier molecular flexibility index (Phi) is 5.76. The fourth-order valence-corrected chi connectivity index (χ4v) is 2.85. The van der Waals surface area contributed by atoms with E-state index >= 15 is 0 Å². The Morgan fingerprint density at radius 2 is 2.36 bits per heavy atom. The number of hydrogen-bond acceptors (Lipinski definition) is 3. The van der Waals surface area contributed by atoms with Crippen molar-refractivity contribution in [3.05, 3.63) is 34.6 Å². The van der Waals surface area contributed by atoms with Crippen molar-refractivity contribution in [1.82, 2.24) is 5.32 Å². The van der Waals surface area contributed by atoms with Gasteiger partial charge in [-0.15, -0.1) is 0 Å². The fourth-order valence-electron chi connectivity index (χ4n) is 2.58. The standard InChI is InChI=1S/C16H18ClFN2O2/c1-10-5-6-11(22-10)7-8-15(21)20-14(9-19)16-12(17)3-2-4-13(16)18/h2-4,10-11,14H,5-8H2,1H3,(H,20,21). The number of rotatable bonds is 5. The summed E-state index contributed by atoms with van der Waals surface area (Å²) in [5.74, 6) is -0.915. The lowest BCUT2D eigenvalue weighted by Crippen LogP contribution is -2.29. The summed E-state index contributed by atoms with van der Waals surface area (Å²) in [4.78, 5) is 12.0. The van der Waals surface area contributed by atoms with Crippen LogP contribution < -0.4 is 5.32 Å². The van der Waals surface area contributed by atoms with Crippen LogP contribution >= 0.6 is 11.6 Å². The van der Waals surface area contributed by atoms with E-state index in [0.717, 1.165) is 12.8 Å². The van der Waals surface area contributed by atoms with Crippen LogP contribution in [-0.2, 0) is 9.53 Å². The number of hydrogen-bond donors (Lipinski definition) is 1. The minimum atomic E-state index is -1.09. The van der Waals surface area contributed by atoms with Crippen LogP contribution in [0.25, 0.3) is 0 Å². The van der Waals surface area contributed by atoms with Crippen LogP contribution in [0.4, 0.5) is 4.39 Å². The van der Waals surface area contributed by atoms with E-state index in [2.05, 4.69) is 5.32 Å². The molecule has 1 fully saturated rings. The quantitative estimate of drug-likeness (QED) is 0.901. The van der Waals surface area contributed by atoms with Gasteiger partial charge < -0.3 is 10.1 Å². The van der Waals surface area contributed by atoms with Gasteiger partial charge in [-0.3, -0.25) is 4.79 Å². The topological polar surface area (TPSA) is 62.1 Å². The zero-order valence-corrected chi connectivity index (χ0v) is 13.1. The molecule has 6 heteroatoms. The molecule has 2 rings (SSSR count). The number of carbonyl (C=O) groups is 1. The van der Waals surface area contributed by atoms with Crippen molar-refractivity contribution in [2.45, 2.75) is 50.9 Å². The van der Waals surface area contributed by atoms with Crippen molar-refractivity contribution in [2.75, 3.05) is 0 Å². The monoisotopic (exact) mass is 324 g/mol. The smallest absolute Gasteiger partial charge is 0.221 e. The number of carbonyl (C=O) groups excluding carboxylic acids is 1. The summed E-state index contributed by atoms with van der Waals surface area (Å²) in [6.07, 6.45) is 3.09. The molecule has 118 valence electrons. The zero-order valence-electron chi connectivity index (χ0n) is 12.3. The molecule has 3 atom stereocenters. The number of halogens is 2. The van der Waals surface area contributed by atoms with Crippen LogP contribution in [0.15, 0.2) is 18.2 Å². The van der Waals surface area contributed by atoms with E-state index in [-0.39, 0.29) is 35.1 Å². The molecule has 0 radical (unpaired) electrons. The van der Waals surface area contributed by atoms with Crippen LogP contribution in [0.1, 0.15) is 44.2 Å². The van der Waals surface area contributed by atoms with Gasteiger partial charge in [0.25, 0.3) is 0 Å². The maximum atomic E-state index is 13.8. The van der Waals surface area contributed by atoms with E-state index in [0.29, 0.717) is 6.42 Å². The predicted octanol–water partition coefficient (Wildman–Crippen LogP) is 3.51. The minimum Gasteiger partial charge on any atom is -0.375 e. The highest BCUT2D eigenvalue weighted by Gasteiger charge is 2.24. The summed E-state index contributed by atoms with van der Waals surface area (Å²) < 4.78 is 19.4. The van der Waals surface area contributed by atoms with Gasteiger partial charge in [0.1, 0.15) is 11.9 Å². The molecular formula is C16H18ClFN2O2. The molecule has 0 saturated carbocycles. The average Bonchev–Trinajstić information content (AvgIpc) is 2.89. The highest BCUT2D eigenvalue weighted by Crippen LogP contribution is 2.26. The highest BCUT2D eigenvalue weighted by atomic mass is 35.5. The van der Waals surface area contributed by atoms with Gasteiger partial charge in [0.05, 0.1) is 18.3 Å². The molecule has 0 bridgehead atoms. The van der Waals surface area contributed by atoms with Gasteiger partial charge >= 0.3 is 0 Å². The molecule has 1 aromatic rings. The highest BCUT2D eigenvalue weighted by molar-refractivity contribution is 6.31. The number of nitrogens with one attached hydrogen (secondary N) is 1. The molecule has 1 aromatic carbocycles. The molecule has 1 saturated heterocycles. The number of benzene rings is 1. The molecule has 0 aliphatic carbocycles. The van der Waals surface area contributed by atoms with Gasteiger partial charge in [-0.05, 0) is 38.3 Å². The Balaban J connectivity index is 1.93. The molecule has 0 aromatic heterocycles. The van der Waals surface area contributed by atoms with Gasteiger partial charge in [-0.25, -0.2) is 4.39 Å². The van der Waals surface area contributed by atoms with Gasteiger partial charge in [0, 0.05) is 17.0 Å². The van der Waals surface area contributed by atoms with Crippen LogP contribution in [0, 0.1) is 17.1 Å². The van der Waals surface area contributed by atoms with Crippen LogP contribution in [0.3, 0.4) is 0 Å². The van der Waals surface area contributed by atoms with E-state index in [9.17, 15) is 14.4 Å². The predicted molar refractivity (Wildman–Crippen MR) is 80.7 cm³/mol. The summed E-state index contributed by atoms with van der Waals surface area (Å²) in [6.45, 7) is 2.01. The lowest BCUT2D eigenvalue weighted by Gasteiger charge is -2.15. The Labute approximate surface area is 134 Å². The number of nitriles is 1. The Morgan fingerprint density at radius 3 is 2.95 bits per heavy atom. The van der Waals surface area contributed by atoms with Gasteiger partial charge in [0.2, 0.25) is 5.91 Å². The molecule has 4 nitrogen and oxygen atoms in total. The summed E-state index contributed by atoms with van der Waals surface area (Å²) >= 11 is 5.92. The summed E-state index contributed by atoms with van der Waals surface area (Å²) in [5, 5.41) is 11.8. The molecule has 1 heterocycles. The summed E-state index contributed by atoms with van der Waals surface area (Å²) in [7, 11) is 0. The summed E-state index contributed by atoms with van der Waals surface area (Å²) in [6, 6.07) is 4.94. The van der Waals surface area contributed by atoms with Crippen molar-refractivity contribution < 1.29 is 13.9 Å². The molecule has 3 unspecified atom stereocenters. The SMILES string of the molecule is CC1CCC(CCC(=O)NC(C#N)c2c(F)cccc2Cl)O1. The fraction of sp³-hybridized carbons (Fsp3) is 0.500. The second-order valence-electron chi connectivity index (χ2n) is 5.45. The van der Waals surface area contributed by atoms with E-state index in [1.54, 1.807) is 0 Å². The normalized spacial score (nSPS) is 22.1. The van der Waals surface area contributed by atoms with Crippen molar-refractivity contribution in [2.24, 2.45) is 0 Å². The Morgan fingerprint density at radius 1 is 1.59 bits per heavy atom. The lowest BCUT2D eigenvalue weighted by molar-refractivity contribution is -0.122. The first kappa shape index (κ1) is 16.7. The van der Waals surface area contributed by atoms with Crippen molar-refractivity contribution >= 4 is 17.5 Å². The second kappa shape index (κ2) is 7.57. The average molecular weight is 325 g/mol. The third-order valence-electron chi connectivity index (χ3n) is 3.74.